The molecule has 1 N–H and O–H groups in total. The predicted octanol–water partition coefficient (Wildman–Crippen LogP) is 1.67. The van der Waals surface area contributed by atoms with Gasteiger partial charge in [0.05, 0.1) is 0 Å². The second kappa shape index (κ2) is 5.24. The van der Waals surface area contributed by atoms with Gasteiger partial charge in [-0.25, -0.2) is 9.78 Å². The van der Waals surface area contributed by atoms with Crippen molar-refractivity contribution in [1.82, 2.24) is 4.98 Å². The number of carbonyl (C=O) groups excluding carboxylic acids is 1. The summed E-state index contributed by atoms with van der Waals surface area (Å²) in [6.45, 7) is 5.18. The number of ether oxygens (including phenoxy) is 1. The van der Waals surface area contributed by atoms with Crippen molar-refractivity contribution in [3.05, 3.63) is 18.3 Å². The van der Waals surface area contributed by atoms with Crippen molar-refractivity contribution in [3.63, 3.8) is 0 Å². The molecule has 6 nitrogen and oxygen atoms in total. The molecular weight excluding hydrogens is 244 g/mol. The first-order valence-corrected chi connectivity index (χ1v) is 5.91. The minimum absolute atomic E-state index is 0.0473. The van der Waals surface area contributed by atoms with Crippen molar-refractivity contribution in [2.24, 2.45) is 0 Å². The van der Waals surface area contributed by atoms with Gasteiger partial charge in [0, 0.05) is 11.1 Å². The molecule has 7 heteroatoms. The lowest BCUT2D eigenvalue weighted by Crippen LogP contribution is -2.27. The minimum Gasteiger partial charge on any atom is -0.768 e. The molecule has 1 heterocycles. The van der Waals surface area contributed by atoms with Crippen LogP contribution < -0.4 is 5.32 Å². The van der Waals surface area contributed by atoms with Crippen molar-refractivity contribution in [3.8, 4) is 0 Å². The number of pyridine rings is 1. The molecule has 1 aromatic rings. The molecule has 0 spiro atoms. The van der Waals surface area contributed by atoms with Crippen LogP contribution in [0.25, 0.3) is 0 Å². The van der Waals surface area contributed by atoms with Crippen LogP contribution in [-0.2, 0) is 15.8 Å². The van der Waals surface area contributed by atoms with Crippen LogP contribution in [0.5, 0.6) is 0 Å². The highest BCUT2D eigenvalue weighted by molar-refractivity contribution is 7.79. The number of rotatable bonds is 2. The van der Waals surface area contributed by atoms with E-state index in [-0.39, 0.29) is 10.7 Å². The lowest BCUT2D eigenvalue weighted by molar-refractivity contribution is 0.0635. The van der Waals surface area contributed by atoms with Gasteiger partial charge in [0.1, 0.15) is 11.4 Å². The molecule has 0 aromatic carbocycles. The summed E-state index contributed by atoms with van der Waals surface area (Å²) in [4.78, 5) is 15.2. The molecule has 94 valence electrons. The molecule has 1 unspecified atom stereocenters. The largest absolute Gasteiger partial charge is 0.768 e. The second-order valence-electron chi connectivity index (χ2n) is 4.24. The van der Waals surface area contributed by atoms with E-state index in [2.05, 4.69) is 10.3 Å². The molecule has 0 aliphatic heterocycles. The Morgan fingerprint density at radius 3 is 2.71 bits per heavy atom. The lowest BCUT2D eigenvalue weighted by Gasteiger charge is -2.19. The van der Waals surface area contributed by atoms with E-state index in [4.69, 9.17) is 4.74 Å². The quantitative estimate of drug-likeness (QED) is 0.813. The molecule has 1 rings (SSSR count). The fourth-order valence-corrected chi connectivity index (χ4v) is 1.37. The van der Waals surface area contributed by atoms with Gasteiger partial charge in [-0.3, -0.25) is 9.53 Å². The van der Waals surface area contributed by atoms with Gasteiger partial charge in [-0.05, 0) is 44.0 Å². The van der Waals surface area contributed by atoms with E-state index in [1.807, 2.05) is 0 Å². The first kappa shape index (κ1) is 13.6. The highest BCUT2D eigenvalue weighted by Gasteiger charge is 2.16. The van der Waals surface area contributed by atoms with Crippen LogP contribution >= 0.6 is 0 Å². The number of nitrogens with one attached hydrogen (secondary N) is 1. The Kier molecular flexibility index (Phi) is 4.19. The summed E-state index contributed by atoms with van der Waals surface area (Å²) in [6.07, 6.45) is 0.608. The van der Waals surface area contributed by atoms with Crippen LogP contribution in [0.2, 0.25) is 0 Å². The van der Waals surface area contributed by atoms with Crippen molar-refractivity contribution in [1.29, 1.82) is 0 Å². The van der Waals surface area contributed by atoms with Gasteiger partial charge >= 0.3 is 6.09 Å². The Morgan fingerprint density at radius 1 is 1.53 bits per heavy atom. The zero-order chi connectivity index (χ0) is 13.1. The summed E-state index contributed by atoms with van der Waals surface area (Å²) in [6, 6.07) is 2.57. The number of nitrogens with zero attached hydrogens (tertiary/aromatic N) is 1. The number of hydrogen-bond donors (Lipinski definition) is 1. The molecule has 0 radical (unpaired) electrons. The predicted molar refractivity (Wildman–Crippen MR) is 61.3 cm³/mol. The lowest BCUT2D eigenvalue weighted by atomic mass is 10.2. The Balaban J connectivity index is 2.72. The molecule has 0 saturated carbocycles. The van der Waals surface area contributed by atoms with Gasteiger partial charge in [0.15, 0.2) is 0 Å². The third-order valence-corrected chi connectivity index (χ3v) is 2.19. The summed E-state index contributed by atoms with van der Waals surface area (Å²) < 4.78 is 26.4. The van der Waals surface area contributed by atoms with Crippen molar-refractivity contribution < 1.29 is 18.3 Å². The summed E-state index contributed by atoms with van der Waals surface area (Å²) in [5.74, 6) is 0.126. The van der Waals surface area contributed by atoms with Crippen LogP contribution in [0.15, 0.2) is 23.2 Å². The van der Waals surface area contributed by atoms with E-state index in [1.54, 1.807) is 20.8 Å². The molecular formula is C10H13N2O4S-. The second-order valence-corrected chi connectivity index (χ2v) is 5.18. The van der Waals surface area contributed by atoms with Gasteiger partial charge in [-0.15, -0.1) is 0 Å². The third-order valence-electron chi connectivity index (χ3n) is 1.55. The molecule has 1 atom stereocenters. The molecule has 0 aliphatic rings. The Bertz CT molecular complexity index is 442. The highest BCUT2D eigenvalue weighted by Crippen LogP contribution is 2.12. The standard InChI is InChI=1S/C10H14N2O4S/c1-10(2,3)16-9(13)12-8-6-7(17(14)15)4-5-11-8/h4-6H,1-3H3,(H,14,15)(H,11,12,13)/p-1. The van der Waals surface area contributed by atoms with E-state index in [1.165, 1.54) is 18.3 Å². The molecule has 1 aromatic heterocycles. The van der Waals surface area contributed by atoms with Gasteiger partial charge in [0.2, 0.25) is 0 Å². The van der Waals surface area contributed by atoms with E-state index in [0.29, 0.717) is 0 Å². The average Bonchev–Trinajstić information content (AvgIpc) is 2.14. The number of amides is 1. The molecule has 1 amide bonds. The fraction of sp³-hybridized carbons (Fsp3) is 0.400. The molecule has 0 fully saturated rings. The van der Waals surface area contributed by atoms with Crippen molar-refractivity contribution in [2.75, 3.05) is 5.32 Å². The maximum absolute atomic E-state index is 11.4. The van der Waals surface area contributed by atoms with Gasteiger partial charge in [-0.2, -0.15) is 0 Å². The monoisotopic (exact) mass is 257 g/mol. The molecule has 0 saturated heterocycles. The van der Waals surface area contributed by atoms with Crippen molar-refractivity contribution >= 4 is 23.0 Å². The first-order chi connectivity index (χ1) is 7.78. The number of anilines is 1. The van der Waals surface area contributed by atoms with E-state index in [9.17, 15) is 13.6 Å². The van der Waals surface area contributed by atoms with Crippen LogP contribution in [0.1, 0.15) is 20.8 Å². The topological polar surface area (TPSA) is 91.3 Å². The van der Waals surface area contributed by atoms with Crippen molar-refractivity contribution in [2.45, 2.75) is 31.3 Å². The van der Waals surface area contributed by atoms with Gasteiger partial charge in [0.25, 0.3) is 0 Å². The Morgan fingerprint density at radius 2 is 2.18 bits per heavy atom. The number of hydrogen-bond acceptors (Lipinski definition) is 5. The summed E-state index contributed by atoms with van der Waals surface area (Å²) >= 11 is -2.36. The van der Waals surface area contributed by atoms with E-state index in [0.717, 1.165) is 0 Å². The number of carbonyl (C=O) groups is 1. The van der Waals surface area contributed by atoms with Gasteiger partial charge < -0.3 is 9.29 Å². The van der Waals surface area contributed by atoms with Gasteiger partial charge in [-0.1, -0.05) is 0 Å². The summed E-state index contributed by atoms with van der Waals surface area (Å²) in [5, 5.41) is 2.35. The summed E-state index contributed by atoms with van der Waals surface area (Å²) in [5.41, 5.74) is -0.622. The third kappa shape index (κ3) is 4.92. The average molecular weight is 257 g/mol. The Labute approximate surface area is 102 Å². The van der Waals surface area contributed by atoms with Crippen LogP contribution in [0.3, 0.4) is 0 Å². The van der Waals surface area contributed by atoms with Crippen LogP contribution in [0, 0.1) is 0 Å². The normalized spacial score (nSPS) is 12.9. The van der Waals surface area contributed by atoms with Crippen LogP contribution in [0.4, 0.5) is 10.6 Å². The zero-order valence-corrected chi connectivity index (χ0v) is 10.5. The van der Waals surface area contributed by atoms with Crippen LogP contribution in [-0.4, -0.2) is 25.4 Å². The van der Waals surface area contributed by atoms with E-state index < -0.39 is 22.8 Å². The smallest absolute Gasteiger partial charge is 0.413 e. The molecule has 0 bridgehead atoms. The highest BCUT2D eigenvalue weighted by atomic mass is 32.2. The number of aromatic nitrogens is 1. The fourth-order valence-electron chi connectivity index (χ4n) is 0.991. The molecule has 0 aliphatic carbocycles. The SMILES string of the molecule is CC(C)(C)OC(=O)Nc1cc(S(=O)[O-])ccn1. The maximum atomic E-state index is 11.4. The molecule has 17 heavy (non-hydrogen) atoms. The minimum atomic E-state index is -2.36. The first-order valence-electron chi connectivity index (χ1n) is 4.83. The Hall–Kier alpha value is -1.47. The van der Waals surface area contributed by atoms with E-state index >= 15 is 0 Å². The maximum Gasteiger partial charge on any atom is 0.413 e. The zero-order valence-electron chi connectivity index (χ0n) is 9.72. The summed E-state index contributed by atoms with van der Waals surface area (Å²) in [7, 11) is 0.